The summed E-state index contributed by atoms with van der Waals surface area (Å²) in [7, 11) is 1.87. The number of ether oxygens (including phenoxy) is 2. The Kier molecular flexibility index (Phi) is 5.98. The molecule has 0 bridgehead atoms. The maximum absolute atomic E-state index is 13.5. The highest BCUT2D eigenvalue weighted by atomic mass is 35.5. The topological polar surface area (TPSA) is 62.7 Å². The summed E-state index contributed by atoms with van der Waals surface area (Å²) in [6, 6.07) is 23.2. The number of para-hydroxylation sites is 1. The van der Waals surface area contributed by atoms with Gasteiger partial charge in [0, 0.05) is 17.5 Å². The third kappa shape index (κ3) is 4.28. The number of fused-ring (bicyclic) bond motifs is 1. The van der Waals surface area contributed by atoms with E-state index in [1.165, 1.54) is 11.3 Å². The van der Waals surface area contributed by atoms with Crippen LogP contribution in [0, 0.1) is 6.92 Å². The lowest BCUT2D eigenvalue weighted by Crippen LogP contribution is -2.20. The Morgan fingerprint density at radius 3 is 2.54 bits per heavy atom. The second-order valence-corrected chi connectivity index (χ2v) is 9.98. The molecule has 0 fully saturated rings. The van der Waals surface area contributed by atoms with E-state index in [1.54, 1.807) is 4.68 Å². The number of benzene rings is 3. The molecule has 7 nitrogen and oxygen atoms in total. The number of halogens is 1. The third-order valence-electron chi connectivity index (χ3n) is 6.45. The van der Waals surface area contributed by atoms with Crippen LogP contribution in [0.2, 0.25) is 5.02 Å². The van der Waals surface area contributed by atoms with E-state index in [1.807, 2.05) is 91.4 Å². The zero-order valence-electron chi connectivity index (χ0n) is 20.2. The molecule has 1 aliphatic heterocycles. The molecule has 0 unspecified atom stereocenters. The smallest absolute Gasteiger partial charge is 0.297 e. The van der Waals surface area contributed by atoms with Gasteiger partial charge >= 0.3 is 0 Å². The van der Waals surface area contributed by atoms with Gasteiger partial charge in [0.25, 0.3) is 5.56 Å². The molecule has 0 spiro atoms. The van der Waals surface area contributed by atoms with Crippen LogP contribution in [0.4, 0.5) is 5.69 Å². The molecule has 37 heavy (non-hydrogen) atoms. The average Bonchev–Trinajstić information content (AvgIpc) is 3.59. The van der Waals surface area contributed by atoms with Gasteiger partial charge < -0.3 is 14.0 Å². The summed E-state index contributed by atoms with van der Waals surface area (Å²) in [5.41, 5.74) is 4.85. The van der Waals surface area contributed by atoms with Gasteiger partial charge in [0.05, 0.1) is 23.6 Å². The second kappa shape index (κ2) is 9.46. The Balaban J connectivity index is 1.51. The van der Waals surface area contributed by atoms with Crippen molar-refractivity contribution in [1.29, 1.82) is 0 Å². The molecule has 0 N–H and O–H groups in total. The van der Waals surface area contributed by atoms with Gasteiger partial charge in [-0.2, -0.15) is 0 Å². The van der Waals surface area contributed by atoms with Crippen molar-refractivity contribution in [1.82, 2.24) is 13.9 Å². The molecule has 3 aromatic carbocycles. The van der Waals surface area contributed by atoms with Crippen LogP contribution in [0.3, 0.4) is 0 Å². The van der Waals surface area contributed by atoms with Crippen molar-refractivity contribution in [2.45, 2.75) is 13.5 Å². The van der Waals surface area contributed by atoms with E-state index in [2.05, 4.69) is 9.95 Å². The summed E-state index contributed by atoms with van der Waals surface area (Å²) in [5, 5.41) is 2.73. The van der Waals surface area contributed by atoms with Crippen molar-refractivity contribution in [3.05, 3.63) is 110 Å². The highest BCUT2D eigenvalue weighted by molar-refractivity contribution is 7.07. The molecule has 0 aliphatic carbocycles. The van der Waals surface area contributed by atoms with E-state index in [-0.39, 0.29) is 12.4 Å². The van der Waals surface area contributed by atoms with Crippen LogP contribution in [-0.2, 0) is 13.6 Å². The Hall–Kier alpha value is -4.01. The predicted molar refractivity (Wildman–Crippen MR) is 145 cm³/mol. The molecule has 186 valence electrons. The zero-order valence-corrected chi connectivity index (χ0v) is 21.8. The number of rotatable bonds is 5. The van der Waals surface area contributed by atoms with Crippen molar-refractivity contribution in [3.8, 4) is 28.4 Å². The molecule has 0 radical (unpaired) electrons. The standard InChI is InChI=1S/C28H23ClN4O3S/c1-18-26(27(34)33(31(18)2)22-6-4-3-5-7-22)30-28-32(15-19-8-13-24-25(14-19)36-17-35-24)23(16-37-28)20-9-11-21(29)12-10-20/h3-14,16H,15,17H2,1-2H3. The van der Waals surface area contributed by atoms with Crippen molar-refractivity contribution in [2.75, 3.05) is 6.79 Å². The summed E-state index contributed by atoms with van der Waals surface area (Å²) in [6.07, 6.45) is 0. The largest absolute Gasteiger partial charge is 0.454 e. The van der Waals surface area contributed by atoms with Gasteiger partial charge in [-0.3, -0.25) is 9.48 Å². The molecule has 6 rings (SSSR count). The molecule has 0 amide bonds. The third-order valence-corrected chi connectivity index (χ3v) is 7.56. The van der Waals surface area contributed by atoms with Crippen molar-refractivity contribution < 1.29 is 9.47 Å². The molecule has 1 aliphatic rings. The van der Waals surface area contributed by atoms with Gasteiger partial charge in [0.2, 0.25) is 6.79 Å². The first-order valence-corrected chi connectivity index (χ1v) is 13.0. The zero-order chi connectivity index (χ0) is 25.5. The summed E-state index contributed by atoms with van der Waals surface area (Å²) < 4.78 is 16.7. The van der Waals surface area contributed by atoms with Gasteiger partial charge in [-0.05, 0) is 54.4 Å². The van der Waals surface area contributed by atoms with E-state index in [0.717, 1.165) is 39.7 Å². The summed E-state index contributed by atoms with van der Waals surface area (Å²) in [6.45, 7) is 2.67. The minimum atomic E-state index is -0.165. The minimum Gasteiger partial charge on any atom is -0.454 e. The van der Waals surface area contributed by atoms with Gasteiger partial charge in [-0.1, -0.05) is 48.0 Å². The maximum Gasteiger partial charge on any atom is 0.297 e. The first-order valence-electron chi connectivity index (χ1n) is 11.7. The van der Waals surface area contributed by atoms with Gasteiger partial charge in [-0.15, -0.1) is 11.3 Å². The molecular formula is C28H23ClN4O3S. The molecule has 0 saturated carbocycles. The summed E-state index contributed by atoms with van der Waals surface area (Å²) in [5.74, 6) is 1.47. The molecule has 9 heteroatoms. The molecule has 0 atom stereocenters. The van der Waals surface area contributed by atoms with E-state index in [0.29, 0.717) is 22.1 Å². The van der Waals surface area contributed by atoms with E-state index < -0.39 is 0 Å². The van der Waals surface area contributed by atoms with Crippen LogP contribution in [0.1, 0.15) is 11.3 Å². The SMILES string of the molecule is Cc1c(N=c2scc(-c3ccc(Cl)cc3)n2Cc2ccc3c(c2)OCO3)c(=O)n(-c2ccccc2)n1C. The van der Waals surface area contributed by atoms with E-state index in [9.17, 15) is 4.79 Å². The van der Waals surface area contributed by atoms with Gasteiger partial charge in [0.15, 0.2) is 22.0 Å². The highest BCUT2D eigenvalue weighted by Crippen LogP contribution is 2.33. The molecular weight excluding hydrogens is 508 g/mol. The second-order valence-electron chi connectivity index (χ2n) is 8.71. The highest BCUT2D eigenvalue weighted by Gasteiger charge is 2.18. The fraction of sp³-hybridized carbons (Fsp3) is 0.143. The lowest BCUT2D eigenvalue weighted by molar-refractivity contribution is 0.174. The lowest BCUT2D eigenvalue weighted by atomic mass is 10.1. The summed E-state index contributed by atoms with van der Waals surface area (Å²) >= 11 is 7.64. The Morgan fingerprint density at radius 2 is 1.76 bits per heavy atom. The molecule has 2 aromatic heterocycles. The number of hydrogen-bond acceptors (Lipinski definition) is 5. The quantitative estimate of drug-likeness (QED) is 0.294. The predicted octanol–water partition coefficient (Wildman–Crippen LogP) is 5.68. The van der Waals surface area contributed by atoms with Crippen LogP contribution >= 0.6 is 22.9 Å². The normalized spacial score (nSPS) is 12.9. The van der Waals surface area contributed by atoms with Crippen LogP contribution in [-0.4, -0.2) is 20.7 Å². The Morgan fingerprint density at radius 1 is 1.00 bits per heavy atom. The lowest BCUT2D eigenvalue weighted by Gasteiger charge is -2.10. The molecule has 0 saturated heterocycles. The monoisotopic (exact) mass is 530 g/mol. The Bertz CT molecular complexity index is 1730. The number of thiazole rings is 1. The molecule has 3 heterocycles. The number of hydrogen-bond donors (Lipinski definition) is 0. The molecule has 5 aromatic rings. The van der Waals surface area contributed by atoms with Crippen molar-refractivity contribution in [3.63, 3.8) is 0 Å². The van der Waals surface area contributed by atoms with Crippen LogP contribution in [0.15, 0.2) is 88.0 Å². The fourth-order valence-corrected chi connectivity index (χ4v) is 5.46. The Labute approximate surface area is 222 Å². The van der Waals surface area contributed by atoms with Crippen LogP contribution in [0.25, 0.3) is 16.9 Å². The fourth-order valence-electron chi connectivity index (χ4n) is 4.42. The first-order chi connectivity index (χ1) is 18.0. The van der Waals surface area contributed by atoms with E-state index in [4.69, 9.17) is 26.1 Å². The van der Waals surface area contributed by atoms with E-state index >= 15 is 0 Å². The van der Waals surface area contributed by atoms with Crippen LogP contribution < -0.4 is 19.8 Å². The number of nitrogens with zero attached hydrogens (tertiary/aromatic N) is 4. The minimum absolute atomic E-state index is 0.165. The van der Waals surface area contributed by atoms with Gasteiger partial charge in [0.1, 0.15) is 0 Å². The van der Waals surface area contributed by atoms with Crippen LogP contribution in [0.5, 0.6) is 11.5 Å². The maximum atomic E-state index is 13.5. The average molecular weight is 531 g/mol. The van der Waals surface area contributed by atoms with Crippen molar-refractivity contribution in [2.24, 2.45) is 12.0 Å². The van der Waals surface area contributed by atoms with Gasteiger partial charge in [-0.25, -0.2) is 9.67 Å². The first kappa shape index (κ1) is 23.4. The van der Waals surface area contributed by atoms with Crippen molar-refractivity contribution >= 4 is 28.6 Å². The summed E-state index contributed by atoms with van der Waals surface area (Å²) in [4.78, 5) is 19.2. The number of aromatic nitrogens is 3.